The molecule has 1 heterocycles. The van der Waals surface area contributed by atoms with Crippen molar-refractivity contribution in [2.24, 2.45) is 5.92 Å². The lowest BCUT2D eigenvalue weighted by molar-refractivity contribution is -0.126. The van der Waals surface area contributed by atoms with E-state index in [-0.39, 0.29) is 40.9 Å². The predicted molar refractivity (Wildman–Crippen MR) is 123 cm³/mol. The first-order chi connectivity index (χ1) is 15.3. The Hall–Kier alpha value is -2.48. The molecule has 0 unspecified atom stereocenters. The molecule has 0 radical (unpaired) electrons. The standard InChI is InChI=1S/C24H24ClFN2O3S/c1-16(19-7-6-17-4-2-3-5-20(17)14-19)27-24(29)18-10-12-28(13-11-18)32(30,31)21-8-9-23(26)22(25)15-21/h2-9,14-16,18H,10-13H2,1H3,(H,27,29)/t16-/m0/s1. The summed E-state index contributed by atoms with van der Waals surface area (Å²) in [5, 5.41) is 5.09. The van der Waals surface area contributed by atoms with Gasteiger partial charge in [0.1, 0.15) is 5.82 Å². The maximum atomic E-state index is 13.4. The first-order valence-electron chi connectivity index (χ1n) is 10.5. The number of piperidine rings is 1. The van der Waals surface area contributed by atoms with Gasteiger partial charge in [0, 0.05) is 19.0 Å². The molecule has 1 aliphatic rings. The van der Waals surface area contributed by atoms with Crippen LogP contribution in [0.1, 0.15) is 31.4 Å². The van der Waals surface area contributed by atoms with Gasteiger partial charge >= 0.3 is 0 Å². The Bertz CT molecular complexity index is 1260. The fourth-order valence-electron chi connectivity index (χ4n) is 4.04. The van der Waals surface area contributed by atoms with E-state index in [1.807, 2.05) is 43.3 Å². The minimum absolute atomic E-state index is 0.0447. The van der Waals surface area contributed by atoms with Crippen LogP contribution < -0.4 is 5.32 Å². The third-order valence-electron chi connectivity index (χ3n) is 5.99. The van der Waals surface area contributed by atoms with E-state index in [4.69, 9.17) is 11.6 Å². The fourth-order valence-corrected chi connectivity index (χ4v) is 5.78. The van der Waals surface area contributed by atoms with Crippen molar-refractivity contribution in [3.63, 3.8) is 0 Å². The van der Waals surface area contributed by atoms with Gasteiger partial charge in [-0.15, -0.1) is 0 Å². The number of hydrogen-bond acceptors (Lipinski definition) is 3. The van der Waals surface area contributed by atoms with Crippen LogP contribution in [0.25, 0.3) is 10.8 Å². The summed E-state index contributed by atoms with van der Waals surface area (Å²) in [6.07, 6.45) is 0.842. The number of carbonyl (C=O) groups excluding carboxylic acids is 1. The van der Waals surface area contributed by atoms with Crippen molar-refractivity contribution in [3.8, 4) is 0 Å². The minimum atomic E-state index is -3.79. The molecular formula is C24H24ClFN2O3S. The molecule has 0 spiro atoms. The number of benzene rings is 3. The molecule has 0 aromatic heterocycles. The Morgan fingerprint density at radius 3 is 2.44 bits per heavy atom. The largest absolute Gasteiger partial charge is 0.349 e. The molecule has 1 aliphatic heterocycles. The normalized spacial score (nSPS) is 16.7. The monoisotopic (exact) mass is 474 g/mol. The number of amides is 1. The van der Waals surface area contributed by atoms with E-state index < -0.39 is 15.8 Å². The van der Waals surface area contributed by atoms with E-state index in [1.54, 1.807) is 0 Å². The highest BCUT2D eigenvalue weighted by Crippen LogP contribution is 2.27. The molecule has 3 aromatic rings. The van der Waals surface area contributed by atoms with Crippen molar-refractivity contribution < 1.29 is 17.6 Å². The Balaban J connectivity index is 1.38. The second-order valence-corrected chi connectivity index (χ2v) is 10.4. The fraction of sp³-hybridized carbons (Fsp3) is 0.292. The van der Waals surface area contributed by atoms with Gasteiger partial charge in [-0.05, 0) is 60.4 Å². The molecule has 0 saturated carbocycles. The quantitative estimate of drug-likeness (QED) is 0.571. The van der Waals surface area contributed by atoms with Gasteiger partial charge in [0.15, 0.2) is 0 Å². The van der Waals surface area contributed by atoms with Crippen LogP contribution in [0.5, 0.6) is 0 Å². The van der Waals surface area contributed by atoms with E-state index in [0.29, 0.717) is 12.8 Å². The highest BCUT2D eigenvalue weighted by molar-refractivity contribution is 7.89. The molecule has 1 atom stereocenters. The molecule has 1 saturated heterocycles. The van der Waals surface area contributed by atoms with Crippen molar-refractivity contribution in [1.82, 2.24) is 9.62 Å². The van der Waals surface area contributed by atoms with Gasteiger partial charge < -0.3 is 5.32 Å². The number of sulfonamides is 1. The minimum Gasteiger partial charge on any atom is -0.349 e. The summed E-state index contributed by atoms with van der Waals surface area (Å²) in [7, 11) is -3.79. The zero-order chi connectivity index (χ0) is 22.9. The van der Waals surface area contributed by atoms with E-state index >= 15 is 0 Å². The van der Waals surface area contributed by atoms with Gasteiger partial charge in [-0.25, -0.2) is 12.8 Å². The lowest BCUT2D eigenvalue weighted by atomic mass is 9.96. The Labute approximate surface area is 192 Å². The van der Waals surface area contributed by atoms with E-state index in [0.717, 1.165) is 28.5 Å². The SMILES string of the molecule is C[C@H](NC(=O)C1CCN(S(=O)(=O)c2ccc(F)c(Cl)c2)CC1)c1ccc2ccccc2c1. The van der Waals surface area contributed by atoms with Crippen molar-refractivity contribution in [2.75, 3.05) is 13.1 Å². The molecule has 0 aliphatic carbocycles. The summed E-state index contributed by atoms with van der Waals surface area (Å²) < 4.78 is 40.4. The smallest absolute Gasteiger partial charge is 0.243 e. The molecule has 1 fully saturated rings. The summed E-state index contributed by atoms with van der Waals surface area (Å²) in [5.74, 6) is -1.00. The van der Waals surface area contributed by atoms with Crippen LogP contribution in [0.3, 0.4) is 0 Å². The van der Waals surface area contributed by atoms with Crippen LogP contribution in [0, 0.1) is 11.7 Å². The molecule has 1 amide bonds. The van der Waals surface area contributed by atoms with Gasteiger partial charge in [0.2, 0.25) is 15.9 Å². The Morgan fingerprint density at radius 2 is 1.75 bits per heavy atom. The van der Waals surface area contributed by atoms with Crippen molar-refractivity contribution >= 4 is 38.3 Å². The molecule has 3 aromatic carbocycles. The summed E-state index contributed by atoms with van der Waals surface area (Å²) in [5.41, 5.74) is 1.02. The van der Waals surface area contributed by atoms with Crippen LogP contribution in [-0.4, -0.2) is 31.7 Å². The highest BCUT2D eigenvalue weighted by atomic mass is 35.5. The number of fused-ring (bicyclic) bond motifs is 1. The van der Waals surface area contributed by atoms with Crippen LogP contribution in [0.2, 0.25) is 5.02 Å². The zero-order valence-electron chi connectivity index (χ0n) is 17.6. The molecule has 8 heteroatoms. The number of rotatable bonds is 5. The zero-order valence-corrected chi connectivity index (χ0v) is 19.2. The van der Waals surface area contributed by atoms with Crippen LogP contribution in [0.4, 0.5) is 4.39 Å². The van der Waals surface area contributed by atoms with E-state index in [2.05, 4.69) is 11.4 Å². The summed E-state index contributed by atoms with van der Waals surface area (Å²) >= 11 is 5.74. The maximum absolute atomic E-state index is 13.4. The van der Waals surface area contributed by atoms with Gasteiger partial charge in [0.25, 0.3) is 0 Å². The number of nitrogens with one attached hydrogen (secondary N) is 1. The third kappa shape index (κ3) is 4.65. The molecule has 1 N–H and O–H groups in total. The number of halogens is 2. The lowest BCUT2D eigenvalue weighted by Crippen LogP contribution is -2.43. The Morgan fingerprint density at radius 1 is 1.06 bits per heavy atom. The first kappa shape index (κ1) is 22.7. The van der Waals surface area contributed by atoms with E-state index in [9.17, 15) is 17.6 Å². The number of carbonyl (C=O) groups is 1. The van der Waals surface area contributed by atoms with Crippen molar-refractivity contribution in [3.05, 3.63) is 77.1 Å². The van der Waals surface area contributed by atoms with Crippen LogP contribution in [0.15, 0.2) is 65.6 Å². The topological polar surface area (TPSA) is 66.5 Å². The van der Waals surface area contributed by atoms with Crippen molar-refractivity contribution in [1.29, 1.82) is 0 Å². The average Bonchev–Trinajstić information content (AvgIpc) is 2.80. The summed E-state index contributed by atoms with van der Waals surface area (Å²) in [6, 6.07) is 17.4. The summed E-state index contributed by atoms with van der Waals surface area (Å²) in [4.78, 5) is 12.8. The molecular weight excluding hydrogens is 451 g/mol. The summed E-state index contributed by atoms with van der Waals surface area (Å²) in [6.45, 7) is 2.39. The average molecular weight is 475 g/mol. The van der Waals surface area contributed by atoms with Gasteiger partial charge in [-0.2, -0.15) is 4.31 Å². The number of nitrogens with zero attached hydrogens (tertiary/aromatic N) is 1. The Kier molecular flexibility index (Phi) is 6.51. The third-order valence-corrected chi connectivity index (χ3v) is 8.17. The van der Waals surface area contributed by atoms with Gasteiger partial charge in [0.05, 0.1) is 16.0 Å². The van der Waals surface area contributed by atoms with Gasteiger partial charge in [-0.1, -0.05) is 48.0 Å². The second-order valence-electron chi connectivity index (χ2n) is 8.09. The van der Waals surface area contributed by atoms with Gasteiger partial charge in [-0.3, -0.25) is 4.79 Å². The second kappa shape index (κ2) is 9.17. The number of hydrogen-bond donors (Lipinski definition) is 1. The van der Waals surface area contributed by atoms with Crippen LogP contribution in [-0.2, 0) is 14.8 Å². The van der Waals surface area contributed by atoms with E-state index in [1.165, 1.54) is 10.4 Å². The highest BCUT2D eigenvalue weighted by Gasteiger charge is 2.32. The molecule has 168 valence electrons. The molecule has 4 rings (SSSR count). The first-order valence-corrected chi connectivity index (χ1v) is 12.3. The molecule has 5 nitrogen and oxygen atoms in total. The van der Waals surface area contributed by atoms with Crippen LogP contribution >= 0.6 is 11.6 Å². The predicted octanol–water partition coefficient (Wildman–Crippen LogP) is 4.91. The van der Waals surface area contributed by atoms with Crippen molar-refractivity contribution in [2.45, 2.75) is 30.7 Å². The maximum Gasteiger partial charge on any atom is 0.243 e. The molecule has 32 heavy (non-hydrogen) atoms. The lowest BCUT2D eigenvalue weighted by Gasteiger charge is -2.31. The molecule has 0 bridgehead atoms.